The van der Waals surface area contributed by atoms with Crippen molar-refractivity contribution in [2.24, 2.45) is 0 Å². The molecule has 0 N–H and O–H groups in total. The van der Waals surface area contributed by atoms with E-state index in [0.29, 0.717) is 0 Å². The van der Waals surface area contributed by atoms with Crippen molar-refractivity contribution < 1.29 is 4.20 Å². The van der Waals surface area contributed by atoms with Gasteiger partial charge in [0.05, 0.1) is 0 Å². The number of halogens is 3. The molecule has 0 amide bonds. The predicted octanol–water partition coefficient (Wildman–Crippen LogP) is 17.0. The van der Waals surface area contributed by atoms with Gasteiger partial charge in [-0.3, -0.25) is 0 Å². The third-order valence-corrected chi connectivity index (χ3v) is 38.5. The van der Waals surface area contributed by atoms with E-state index in [0.717, 1.165) is 208 Å². The van der Waals surface area contributed by atoms with Crippen LogP contribution in [0.25, 0.3) is 0 Å². The Bertz CT molecular complexity index is 1060. The summed E-state index contributed by atoms with van der Waals surface area (Å²) in [5, 5.41) is 0. The van der Waals surface area contributed by atoms with E-state index in [1.165, 1.54) is 0 Å². The summed E-state index contributed by atoms with van der Waals surface area (Å²) in [6.45, 7) is 69.7. The predicted molar refractivity (Wildman–Crippen MR) is 346 cm³/mol. The molecule has 0 bridgehead atoms. The first-order valence-corrected chi connectivity index (χ1v) is 39.3. The molecule has 12 nitrogen and oxygen atoms in total. The van der Waals surface area contributed by atoms with Gasteiger partial charge in [-0.15, -0.1) is 0 Å². The van der Waals surface area contributed by atoms with E-state index in [2.05, 4.69) is 222 Å². The number of nitrogens with zero attached hydrogens (tertiary/aromatic N) is 12. The fraction of sp³-hybridized carbons (Fsp3) is 1.00. The second-order valence-corrected chi connectivity index (χ2v) is 34.9. The summed E-state index contributed by atoms with van der Waals surface area (Å²) in [5.74, 6) is 0. The molecule has 0 aromatic carbocycles. The molecule has 0 heterocycles. The molecule has 0 fully saturated rings. The summed E-state index contributed by atoms with van der Waals surface area (Å²) in [6.07, 6.45) is 7.94. The second-order valence-electron chi connectivity index (χ2n) is 19.4. The second kappa shape index (κ2) is 40.5. The molecule has 0 aliphatic carbocycles. The monoisotopic (exact) mass is 1160 g/mol. The Kier molecular flexibility index (Phi) is 43.5. The average molecular weight is 1160 g/mol. The minimum absolute atomic E-state index is 0.833. The van der Waals surface area contributed by atoms with E-state index in [1.807, 2.05) is 0 Å². The molecule has 74 heavy (non-hydrogen) atoms. The van der Waals surface area contributed by atoms with E-state index >= 15 is 4.20 Å². The summed E-state index contributed by atoms with van der Waals surface area (Å²) in [4.78, 5) is 0. The van der Waals surface area contributed by atoms with Crippen LogP contribution >= 0.6 is 43.1 Å². The minimum atomic E-state index is -4.17. The van der Waals surface area contributed by atoms with Gasteiger partial charge in [-0.1, -0.05) is 0 Å². The van der Waals surface area contributed by atoms with Gasteiger partial charge in [0, 0.05) is 0 Å². The molecule has 18 heteroatoms. The normalized spacial score (nSPS) is 14.7. The molecule has 0 unspecified atom stereocenters. The molecular weight excluding hydrogens is 1020 g/mol. The quantitative estimate of drug-likeness (QED) is 0.0546. The van der Waals surface area contributed by atoms with Crippen molar-refractivity contribution in [2.45, 2.75) is 218 Å². The van der Waals surface area contributed by atoms with Crippen LogP contribution < -0.4 is 0 Å². The van der Waals surface area contributed by atoms with Gasteiger partial charge in [-0.2, -0.15) is 0 Å². The van der Waals surface area contributed by atoms with E-state index in [4.69, 9.17) is 22.5 Å². The zero-order chi connectivity index (χ0) is 57.9. The van der Waals surface area contributed by atoms with Crippen LogP contribution in [0.15, 0.2) is 0 Å². The topological polar surface area (TPSA) is 38.9 Å². The van der Waals surface area contributed by atoms with E-state index in [-0.39, 0.29) is 0 Å². The van der Waals surface area contributed by atoms with Gasteiger partial charge in [0.15, 0.2) is 0 Å². The first-order chi connectivity index (χ1) is 35.2. The molecule has 456 valence electrons. The Balaban J connectivity index is -0.00000104. The first kappa shape index (κ1) is 79.5. The zero-order valence-electron chi connectivity index (χ0n) is 54.5. The zero-order valence-corrected chi connectivity index (χ0v) is 58.7. The van der Waals surface area contributed by atoms with Crippen molar-refractivity contribution in [3.05, 3.63) is 0 Å². The van der Waals surface area contributed by atoms with Gasteiger partial charge in [0.25, 0.3) is 0 Å². The molecule has 0 radical (unpaired) electrons. The van der Waals surface area contributed by atoms with Crippen LogP contribution in [0.5, 0.6) is 0 Å². The van der Waals surface area contributed by atoms with Crippen LogP contribution in [0.2, 0.25) is 0 Å². The Morgan fingerprint density at radius 2 is 0.297 bits per heavy atom. The van der Waals surface area contributed by atoms with Gasteiger partial charge in [0.1, 0.15) is 0 Å². The van der Waals surface area contributed by atoms with Gasteiger partial charge >= 0.3 is 478 Å². The maximum atomic E-state index is 19.2. The van der Waals surface area contributed by atoms with Crippen LogP contribution in [0.4, 0.5) is 4.20 Å². The average Bonchev–Trinajstić information content (AvgIpc) is 3.39. The number of rotatable bonds is 44. The van der Waals surface area contributed by atoms with Crippen molar-refractivity contribution in [2.75, 3.05) is 157 Å². The third-order valence-electron chi connectivity index (χ3n) is 15.5. The SMILES string of the molecule is CCCN(CCC)P(F)(N(CCC)CCC)(N(CCC)CCC)N(CCC)CCC.CCN(CC)P(Cl)(N(CC)CC)(N(CC)CC)N(CC)CC.CCN(CC)P(Cl)(N(CC)CC)(N(CC)CC)N(CC)CC. The summed E-state index contributed by atoms with van der Waals surface area (Å²) in [6, 6.07) is 0. The molecule has 0 rings (SSSR count). The summed E-state index contributed by atoms with van der Waals surface area (Å²) in [7, 11) is -4.17. The molecule has 0 aliphatic heterocycles. The van der Waals surface area contributed by atoms with Gasteiger partial charge in [-0.05, 0) is 0 Å². The van der Waals surface area contributed by atoms with Crippen LogP contribution in [-0.2, 0) is 0 Å². The van der Waals surface area contributed by atoms with Gasteiger partial charge in [0.2, 0.25) is 0 Å². The first-order valence-electron chi connectivity index (χ1n) is 31.5. The molecule has 0 saturated heterocycles. The molecule has 0 saturated carbocycles. The van der Waals surface area contributed by atoms with Crippen molar-refractivity contribution in [1.82, 2.24) is 56.0 Å². The van der Waals surface area contributed by atoms with Crippen LogP contribution in [0.1, 0.15) is 218 Å². The van der Waals surface area contributed by atoms with Gasteiger partial charge < -0.3 is 0 Å². The Morgan fingerprint density at radius 1 is 0.203 bits per heavy atom. The standard InChI is InChI=1S/C24H56FN4P.2C16H40ClN4P/c1-9-17-26(18-10-2)30(25,27(19-11-3)20-12-4,28(21-13-5)22-14-6)29(23-15-7)24-16-8;2*1-9-18(10-2)22(17,19(11-3)12-4,20(13-5)14-6)21(15-7)16-8/h9-24H2,1-8H3;2*9-16H2,1-8H3. The van der Waals surface area contributed by atoms with E-state index < -0.39 is 20.6 Å². The van der Waals surface area contributed by atoms with Crippen molar-refractivity contribution in [3.8, 4) is 0 Å². The summed E-state index contributed by atoms with van der Waals surface area (Å²) >= 11 is 15.8. The summed E-state index contributed by atoms with van der Waals surface area (Å²) < 4.78 is 48.9. The molecule has 0 aliphatic rings. The fourth-order valence-electron chi connectivity index (χ4n) is 12.8. The molecule has 0 atom stereocenters. The Labute approximate surface area is 475 Å². The molecule has 0 aromatic heterocycles. The van der Waals surface area contributed by atoms with Gasteiger partial charge in [-0.25, -0.2) is 0 Å². The fourth-order valence-corrected chi connectivity index (χ4v) is 36.5. The molecular formula is C56H136Cl2FN12P3. The van der Waals surface area contributed by atoms with Crippen LogP contribution in [0, 0.1) is 0 Å². The van der Waals surface area contributed by atoms with Crippen LogP contribution in [-0.4, -0.2) is 213 Å². The third kappa shape index (κ3) is 16.3. The molecule has 0 spiro atoms. The van der Waals surface area contributed by atoms with E-state index in [9.17, 15) is 0 Å². The van der Waals surface area contributed by atoms with Crippen molar-refractivity contribution in [1.29, 1.82) is 0 Å². The summed E-state index contributed by atoms with van der Waals surface area (Å²) in [5.41, 5.74) is 0. The maximum absolute atomic E-state index is 19.2. The number of hydrogen-bond acceptors (Lipinski definition) is 12. The van der Waals surface area contributed by atoms with Crippen molar-refractivity contribution >= 4 is 43.1 Å². The number of hydrogen-bond donors (Lipinski definition) is 0. The van der Waals surface area contributed by atoms with Crippen molar-refractivity contribution in [3.63, 3.8) is 0 Å². The van der Waals surface area contributed by atoms with Crippen LogP contribution in [0.3, 0.4) is 0 Å². The Hall–Kier alpha value is 1.32. The Morgan fingerprint density at radius 3 is 0.365 bits per heavy atom. The van der Waals surface area contributed by atoms with E-state index in [1.54, 1.807) is 0 Å². The molecule has 0 aromatic rings.